The SMILES string of the molecule is CCOC(=O)C(C(=O)Nc1ccccc1)C1CCCC1. The summed E-state index contributed by atoms with van der Waals surface area (Å²) in [6, 6.07) is 9.22. The molecule has 4 nitrogen and oxygen atoms in total. The molecule has 1 aliphatic carbocycles. The fourth-order valence-electron chi connectivity index (χ4n) is 2.78. The first kappa shape index (κ1) is 14.6. The number of carbonyl (C=O) groups excluding carboxylic acids is 2. The van der Waals surface area contributed by atoms with E-state index in [0.717, 1.165) is 25.7 Å². The molecule has 0 heterocycles. The third kappa shape index (κ3) is 3.59. The van der Waals surface area contributed by atoms with Crippen LogP contribution in [0.2, 0.25) is 0 Å². The Kier molecular flexibility index (Phi) is 5.16. The molecular formula is C16H21NO3. The van der Waals surface area contributed by atoms with E-state index in [9.17, 15) is 9.59 Å². The molecule has 1 atom stereocenters. The lowest BCUT2D eigenvalue weighted by Crippen LogP contribution is -2.36. The first-order valence-electron chi connectivity index (χ1n) is 7.25. The molecule has 1 fully saturated rings. The average Bonchev–Trinajstić information content (AvgIpc) is 2.94. The lowest BCUT2D eigenvalue weighted by molar-refractivity contribution is -0.153. The Morgan fingerprint density at radius 3 is 2.50 bits per heavy atom. The van der Waals surface area contributed by atoms with E-state index in [4.69, 9.17) is 4.74 Å². The molecule has 0 aromatic heterocycles. The zero-order valence-corrected chi connectivity index (χ0v) is 11.8. The molecule has 1 N–H and O–H groups in total. The van der Waals surface area contributed by atoms with Crippen molar-refractivity contribution >= 4 is 17.6 Å². The summed E-state index contributed by atoms with van der Waals surface area (Å²) in [5, 5.41) is 2.82. The minimum atomic E-state index is -0.683. The van der Waals surface area contributed by atoms with Gasteiger partial charge in [-0.1, -0.05) is 31.0 Å². The Bertz CT molecular complexity index is 452. The molecule has 0 saturated heterocycles. The number of esters is 1. The number of para-hydroxylation sites is 1. The Morgan fingerprint density at radius 2 is 1.90 bits per heavy atom. The van der Waals surface area contributed by atoms with E-state index in [1.54, 1.807) is 6.92 Å². The lowest BCUT2D eigenvalue weighted by Gasteiger charge is -2.20. The van der Waals surface area contributed by atoms with Gasteiger partial charge < -0.3 is 10.1 Å². The quantitative estimate of drug-likeness (QED) is 0.664. The maximum absolute atomic E-state index is 12.4. The van der Waals surface area contributed by atoms with Crippen molar-refractivity contribution in [1.82, 2.24) is 0 Å². The van der Waals surface area contributed by atoms with Gasteiger partial charge in [0.2, 0.25) is 5.91 Å². The number of hydrogen-bond donors (Lipinski definition) is 1. The van der Waals surface area contributed by atoms with E-state index < -0.39 is 11.9 Å². The molecule has 1 saturated carbocycles. The monoisotopic (exact) mass is 275 g/mol. The van der Waals surface area contributed by atoms with Crippen molar-refractivity contribution in [2.24, 2.45) is 11.8 Å². The molecule has 1 unspecified atom stereocenters. The van der Waals surface area contributed by atoms with Crippen LogP contribution >= 0.6 is 0 Å². The molecule has 20 heavy (non-hydrogen) atoms. The fourth-order valence-corrected chi connectivity index (χ4v) is 2.78. The zero-order valence-electron chi connectivity index (χ0n) is 11.8. The summed E-state index contributed by atoms with van der Waals surface area (Å²) in [5.74, 6) is -1.22. The van der Waals surface area contributed by atoms with E-state index in [-0.39, 0.29) is 11.8 Å². The highest BCUT2D eigenvalue weighted by Gasteiger charge is 2.37. The normalized spacial score (nSPS) is 16.6. The second-order valence-corrected chi connectivity index (χ2v) is 5.13. The van der Waals surface area contributed by atoms with Crippen LogP contribution in [0.15, 0.2) is 30.3 Å². The number of amides is 1. The molecule has 1 aromatic rings. The van der Waals surface area contributed by atoms with Crippen molar-refractivity contribution in [3.63, 3.8) is 0 Å². The molecule has 1 aliphatic rings. The van der Waals surface area contributed by atoms with Crippen molar-refractivity contribution in [2.45, 2.75) is 32.6 Å². The molecular weight excluding hydrogens is 254 g/mol. The van der Waals surface area contributed by atoms with Gasteiger partial charge in [-0.15, -0.1) is 0 Å². The van der Waals surface area contributed by atoms with Crippen molar-refractivity contribution in [3.8, 4) is 0 Å². The molecule has 108 valence electrons. The molecule has 2 rings (SSSR count). The lowest BCUT2D eigenvalue weighted by atomic mass is 9.90. The molecule has 4 heteroatoms. The second kappa shape index (κ2) is 7.08. The van der Waals surface area contributed by atoms with Gasteiger partial charge in [0.1, 0.15) is 5.92 Å². The van der Waals surface area contributed by atoms with Crippen LogP contribution in [0.4, 0.5) is 5.69 Å². The largest absolute Gasteiger partial charge is 0.465 e. The summed E-state index contributed by atoms with van der Waals surface area (Å²) in [4.78, 5) is 24.5. The van der Waals surface area contributed by atoms with E-state index in [1.807, 2.05) is 30.3 Å². The summed E-state index contributed by atoms with van der Waals surface area (Å²) < 4.78 is 5.08. The van der Waals surface area contributed by atoms with Crippen LogP contribution in [0.5, 0.6) is 0 Å². The first-order chi connectivity index (χ1) is 9.72. The van der Waals surface area contributed by atoms with Crippen molar-refractivity contribution < 1.29 is 14.3 Å². The number of hydrogen-bond acceptors (Lipinski definition) is 3. The summed E-state index contributed by atoms with van der Waals surface area (Å²) >= 11 is 0. The Morgan fingerprint density at radius 1 is 1.25 bits per heavy atom. The van der Waals surface area contributed by atoms with Gasteiger partial charge in [0.15, 0.2) is 0 Å². The van der Waals surface area contributed by atoms with Gasteiger partial charge in [0, 0.05) is 5.69 Å². The summed E-state index contributed by atoms with van der Waals surface area (Å²) in [6.07, 6.45) is 4.01. The maximum Gasteiger partial charge on any atom is 0.318 e. The zero-order chi connectivity index (χ0) is 14.4. The number of carbonyl (C=O) groups is 2. The van der Waals surface area contributed by atoms with Crippen LogP contribution in [-0.4, -0.2) is 18.5 Å². The molecule has 1 amide bonds. The van der Waals surface area contributed by atoms with Crippen molar-refractivity contribution in [3.05, 3.63) is 30.3 Å². The van der Waals surface area contributed by atoms with Crippen LogP contribution in [-0.2, 0) is 14.3 Å². The summed E-state index contributed by atoms with van der Waals surface area (Å²) in [7, 11) is 0. The van der Waals surface area contributed by atoms with Crippen LogP contribution in [0.1, 0.15) is 32.6 Å². The number of ether oxygens (including phenoxy) is 1. The van der Waals surface area contributed by atoms with Gasteiger partial charge >= 0.3 is 5.97 Å². The molecule has 0 radical (unpaired) electrons. The highest BCUT2D eigenvalue weighted by molar-refractivity contribution is 6.05. The third-order valence-corrected chi connectivity index (χ3v) is 3.74. The minimum Gasteiger partial charge on any atom is -0.465 e. The number of rotatable bonds is 5. The van der Waals surface area contributed by atoms with Gasteiger partial charge in [0.25, 0.3) is 0 Å². The highest BCUT2D eigenvalue weighted by atomic mass is 16.5. The Hall–Kier alpha value is -1.84. The molecule has 0 bridgehead atoms. The predicted octanol–water partition coefficient (Wildman–Crippen LogP) is 2.99. The van der Waals surface area contributed by atoms with E-state index >= 15 is 0 Å². The van der Waals surface area contributed by atoms with Crippen LogP contribution in [0.3, 0.4) is 0 Å². The van der Waals surface area contributed by atoms with Crippen LogP contribution in [0.25, 0.3) is 0 Å². The Balaban J connectivity index is 2.08. The minimum absolute atomic E-state index is 0.109. The highest BCUT2D eigenvalue weighted by Crippen LogP contribution is 2.33. The maximum atomic E-state index is 12.4. The Labute approximate surface area is 119 Å². The third-order valence-electron chi connectivity index (χ3n) is 3.74. The van der Waals surface area contributed by atoms with E-state index in [1.165, 1.54) is 0 Å². The van der Waals surface area contributed by atoms with Gasteiger partial charge in [0.05, 0.1) is 6.61 Å². The van der Waals surface area contributed by atoms with Crippen LogP contribution < -0.4 is 5.32 Å². The fraction of sp³-hybridized carbons (Fsp3) is 0.500. The van der Waals surface area contributed by atoms with Crippen LogP contribution in [0, 0.1) is 11.8 Å². The smallest absolute Gasteiger partial charge is 0.318 e. The van der Waals surface area contributed by atoms with Gasteiger partial charge in [-0.3, -0.25) is 9.59 Å². The summed E-state index contributed by atoms with van der Waals surface area (Å²) in [5.41, 5.74) is 0.713. The summed E-state index contributed by atoms with van der Waals surface area (Å²) in [6.45, 7) is 2.07. The average molecular weight is 275 g/mol. The van der Waals surface area contributed by atoms with Gasteiger partial charge in [-0.25, -0.2) is 0 Å². The molecule has 0 aliphatic heterocycles. The predicted molar refractivity (Wildman–Crippen MR) is 77.2 cm³/mol. The molecule has 1 aromatic carbocycles. The first-order valence-corrected chi connectivity index (χ1v) is 7.25. The van der Waals surface area contributed by atoms with E-state index in [2.05, 4.69) is 5.32 Å². The van der Waals surface area contributed by atoms with E-state index in [0.29, 0.717) is 12.3 Å². The van der Waals surface area contributed by atoms with Gasteiger partial charge in [-0.2, -0.15) is 0 Å². The number of anilines is 1. The standard InChI is InChI=1S/C16H21NO3/c1-2-20-16(19)14(12-8-6-7-9-12)15(18)17-13-10-4-3-5-11-13/h3-5,10-12,14H,2,6-9H2,1H3,(H,17,18). The van der Waals surface area contributed by atoms with Crippen molar-refractivity contribution in [2.75, 3.05) is 11.9 Å². The number of benzene rings is 1. The number of nitrogens with one attached hydrogen (secondary N) is 1. The second-order valence-electron chi connectivity index (χ2n) is 5.13. The molecule has 0 spiro atoms. The topological polar surface area (TPSA) is 55.4 Å². The van der Waals surface area contributed by atoms with Crippen molar-refractivity contribution in [1.29, 1.82) is 0 Å². The van der Waals surface area contributed by atoms with Gasteiger partial charge in [-0.05, 0) is 37.8 Å².